The molecule has 126 valence electrons. The second-order valence-corrected chi connectivity index (χ2v) is 8.03. The number of allylic oxidation sites excluding steroid dienone is 6. The molecule has 4 rings (SSSR count). The Hall–Kier alpha value is -1.39. The number of aryl methyl sites for hydroxylation is 1. The highest BCUT2D eigenvalue weighted by Gasteiger charge is 2.29. The Labute approximate surface area is 152 Å². The summed E-state index contributed by atoms with van der Waals surface area (Å²) >= 11 is 3.80. The van der Waals surface area contributed by atoms with Gasteiger partial charge >= 0.3 is 0 Å². The van der Waals surface area contributed by atoms with E-state index in [0.29, 0.717) is 5.92 Å². The molecule has 4 heteroatoms. The van der Waals surface area contributed by atoms with E-state index >= 15 is 0 Å². The van der Waals surface area contributed by atoms with E-state index in [2.05, 4.69) is 70.1 Å². The fraction of sp³-hybridized carbons (Fsp3) is 0.450. The van der Waals surface area contributed by atoms with Crippen LogP contribution in [-0.2, 0) is 6.42 Å². The van der Waals surface area contributed by atoms with Crippen molar-refractivity contribution in [1.29, 1.82) is 0 Å². The van der Waals surface area contributed by atoms with Crippen molar-refractivity contribution in [2.24, 2.45) is 10.9 Å². The van der Waals surface area contributed by atoms with Gasteiger partial charge in [0.2, 0.25) is 0 Å². The number of fused-ring (bicyclic) bond motifs is 1. The Morgan fingerprint density at radius 3 is 3.04 bits per heavy atom. The lowest BCUT2D eigenvalue weighted by Crippen LogP contribution is -2.17. The minimum Gasteiger partial charge on any atom is -0.314 e. The third-order valence-electron chi connectivity index (χ3n) is 5.20. The molecule has 3 nitrogen and oxygen atoms in total. The first-order valence-electron chi connectivity index (χ1n) is 8.85. The normalized spacial score (nSPS) is 22.1. The summed E-state index contributed by atoms with van der Waals surface area (Å²) in [5, 5.41) is 0. The number of halogens is 1. The molecule has 0 fully saturated rings. The van der Waals surface area contributed by atoms with Crippen molar-refractivity contribution in [2.75, 3.05) is 20.6 Å². The topological polar surface area (TPSA) is 20.5 Å². The predicted octanol–water partition coefficient (Wildman–Crippen LogP) is 4.71. The monoisotopic (exact) mass is 385 g/mol. The molecule has 1 aromatic heterocycles. The number of aliphatic imine (C=N–C) groups is 1. The molecule has 1 unspecified atom stereocenters. The summed E-state index contributed by atoms with van der Waals surface area (Å²) in [5.41, 5.74) is 6.57. The minimum atomic E-state index is 0.510. The summed E-state index contributed by atoms with van der Waals surface area (Å²) in [5.74, 6) is 0.510. The van der Waals surface area contributed by atoms with Crippen LogP contribution in [0.25, 0.3) is 11.3 Å². The molecule has 0 radical (unpaired) electrons. The van der Waals surface area contributed by atoms with Crippen molar-refractivity contribution in [2.45, 2.75) is 32.1 Å². The van der Waals surface area contributed by atoms with Gasteiger partial charge in [-0.2, -0.15) is 0 Å². The Kier molecular flexibility index (Phi) is 4.35. The lowest BCUT2D eigenvalue weighted by atomic mass is 9.90. The Morgan fingerprint density at radius 2 is 2.21 bits per heavy atom. The van der Waals surface area contributed by atoms with Gasteiger partial charge in [0, 0.05) is 28.4 Å². The molecule has 2 heterocycles. The number of aromatic nitrogens is 1. The predicted molar refractivity (Wildman–Crippen MR) is 105 cm³/mol. The van der Waals surface area contributed by atoms with Crippen molar-refractivity contribution < 1.29 is 0 Å². The van der Waals surface area contributed by atoms with E-state index in [0.717, 1.165) is 25.8 Å². The minimum absolute atomic E-state index is 0.510. The molecule has 0 N–H and O–H groups in total. The third kappa shape index (κ3) is 2.76. The summed E-state index contributed by atoms with van der Waals surface area (Å²) in [7, 11) is 4.29. The molecule has 0 spiro atoms. The van der Waals surface area contributed by atoms with Crippen molar-refractivity contribution in [3.63, 3.8) is 0 Å². The maximum Gasteiger partial charge on any atom is 0.0814 e. The number of rotatable bonds is 4. The van der Waals surface area contributed by atoms with Crippen LogP contribution in [-0.4, -0.2) is 36.3 Å². The van der Waals surface area contributed by atoms with Gasteiger partial charge in [-0.1, -0.05) is 12.2 Å². The van der Waals surface area contributed by atoms with Gasteiger partial charge in [0.25, 0.3) is 0 Å². The van der Waals surface area contributed by atoms with Gasteiger partial charge in [-0.05, 0) is 80.3 Å². The smallest absolute Gasteiger partial charge is 0.0814 e. The van der Waals surface area contributed by atoms with Gasteiger partial charge in [0.1, 0.15) is 0 Å². The molecule has 0 saturated carbocycles. The SMILES string of the molecule is CN(C)CCCC1CC=C(Br)C2=C1N=CC1=CCCc3ccn2c31. The van der Waals surface area contributed by atoms with Crippen molar-refractivity contribution >= 4 is 33.4 Å². The summed E-state index contributed by atoms with van der Waals surface area (Å²) in [4.78, 5) is 7.23. The van der Waals surface area contributed by atoms with Gasteiger partial charge in [-0.25, -0.2) is 0 Å². The highest BCUT2D eigenvalue weighted by Crippen LogP contribution is 2.43. The summed E-state index contributed by atoms with van der Waals surface area (Å²) in [6, 6.07) is 2.28. The highest BCUT2D eigenvalue weighted by molar-refractivity contribution is 9.12. The maximum absolute atomic E-state index is 4.97. The quantitative estimate of drug-likeness (QED) is 0.734. The lowest BCUT2D eigenvalue weighted by Gasteiger charge is -2.25. The first kappa shape index (κ1) is 16.1. The second-order valence-electron chi connectivity index (χ2n) is 7.18. The van der Waals surface area contributed by atoms with Crippen LogP contribution in [0.15, 0.2) is 39.6 Å². The molecule has 0 aromatic carbocycles. The summed E-state index contributed by atoms with van der Waals surface area (Å²) in [6.45, 7) is 1.14. The Balaban J connectivity index is 1.74. The average Bonchev–Trinajstić information content (AvgIpc) is 2.90. The van der Waals surface area contributed by atoms with Gasteiger partial charge in [-0.3, -0.25) is 4.99 Å². The van der Waals surface area contributed by atoms with Crippen molar-refractivity contribution in [3.8, 4) is 0 Å². The fourth-order valence-corrected chi connectivity index (χ4v) is 4.58. The largest absolute Gasteiger partial charge is 0.314 e. The zero-order valence-corrected chi connectivity index (χ0v) is 16.0. The van der Waals surface area contributed by atoms with Crippen LogP contribution in [0, 0.1) is 5.92 Å². The Morgan fingerprint density at radius 1 is 1.33 bits per heavy atom. The molecule has 0 amide bonds. The molecule has 3 aliphatic rings. The van der Waals surface area contributed by atoms with E-state index in [-0.39, 0.29) is 0 Å². The van der Waals surface area contributed by atoms with Gasteiger partial charge in [0.15, 0.2) is 0 Å². The standard InChI is InChI=1S/C20H24BrN3/c1-23(2)11-4-7-14-8-9-17(21)20-18(14)22-13-16-6-3-5-15-10-12-24(20)19(15)16/h6,9-10,12-14H,3-5,7-8,11H2,1-2H3. The van der Waals surface area contributed by atoms with Crippen molar-refractivity contribution in [1.82, 2.24) is 9.47 Å². The van der Waals surface area contributed by atoms with Crippen LogP contribution in [0.3, 0.4) is 0 Å². The fourth-order valence-electron chi connectivity index (χ4n) is 4.00. The van der Waals surface area contributed by atoms with E-state index in [1.54, 1.807) is 0 Å². The molecular formula is C20H24BrN3. The zero-order chi connectivity index (χ0) is 16.7. The summed E-state index contributed by atoms with van der Waals surface area (Å²) < 4.78 is 3.55. The average molecular weight is 386 g/mol. The van der Waals surface area contributed by atoms with Crippen LogP contribution >= 0.6 is 15.9 Å². The first-order chi connectivity index (χ1) is 11.6. The van der Waals surface area contributed by atoms with Crippen LogP contribution in [0.1, 0.15) is 36.9 Å². The molecular weight excluding hydrogens is 362 g/mol. The van der Waals surface area contributed by atoms with Gasteiger partial charge in [0.05, 0.1) is 17.1 Å². The number of nitrogens with zero attached hydrogens (tertiary/aromatic N) is 3. The first-order valence-corrected chi connectivity index (χ1v) is 9.64. The van der Waals surface area contributed by atoms with E-state index in [1.807, 2.05) is 0 Å². The lowest BCUT2D eigenvalue weighted by molar-refractivity contribution is 0.376. The molecule has 24 heavy (non-hydrogen) atoms. The van der Waals surface area contributed by atoms with E-state index in [9.17, 15) is 0 Å². The molecule has 2 aliphatic carbocycles. The highest BCUT2D eigenvalue weighted by atomic mass is 79.9. The maximum atomic E-state index is 4.97. The van der Waals surface area contributed by atoms with Crippen LogP contribution in [0.5, 0.6) is 0 Å². The van der Waals surface area contributed by atoms with Gasteiger partial charge in [-0.15, -0.1) is 0 Å². The van der Waals surface area contributed by atoms with Crippen LogP contribution in [0.4, 0.5) is 0 Å². The van der Waals surface area contributed by atoms with Crippen LogP contribution < -0.4 is 0 Å². The second kappa shape index (κ2) is 6.49. The number of hydrogen-bond donors (Lipinski definition) is 0. The van der Waals surface area contributed by atoms with E-state index in [1.165, 1.54) is 45.5 Å². The molecule has 0 saturated heterocycles. The third-order valence-corrected chi connectivity index (χ3v) is 5.90. The summed E-state index contributed by atoms with van der Waals surface area (Å²) in [6.07, 6.45) is 14.7. The van der Waals surface area contributed by atoms with Crippen LogP contribution in [0.2, 0.25) is 0 Å². The zero-order valence-electron chi connectivity index (χ0n) is 14.4. The Bertz CT molecular complexity index is 777. The molecule has 1 atom stereocenters. The number of hydrogen-bond acceptors (Lipinski definition) is 2. The van der Waals surface area contributed by atoms with E-state index < -0.39 is 0 Å². The molecule has 1 aromatic rings. The van der Waals surface area contributed by atoms with Gasteiger partial charge < -0.3 is 9.47 Å². The molecule has 1 aliphatic heterocycles. The van der Waals surface area contributed by atoms with E-state index in [4.69, 9.17) is 4.99 Å². The van der Waals surface area contributed by atoms with Crippen molar-refractivity contribution in [3.05, 3.63) is 45.9 Å². The molecule has 0 bridgehead atoms.